The Hall–Kier alpha value is -2.25. The van der Waals surface area contributed by atoms with Gasteiger partial charge >= 0.3 is 12.2 Å². The molecule has 0 spiro atoms. The second-order valence-electron chi connectivity index (χ2n) is 7.18. The van der Waals surface area contributed by atoms with E-state index in [0.29, 0.717) is 0 Å². The van der Waals surface area contributed by atoms with Crippen molar-refractivity contribution in [3.63, 3.8) is 0 Å². The van der Waals surface area contributed by atoms with Crippen LogP contribution in [-0.4, -0.2) is 35.0 Å². The molecule has 1 aliphatic heterocycles. The molecule has 0 bridgehead atoms. The van der Waals surface area contributed by atoms with Crippen LogP contribution in [0.5, 0.6) is 0 Å². The van der Waals surface area contributed by atoms with Crippen LogP contribution in [0.1, 0.15) is 38.3 Å². The molecule has 1 fully saturated rings. The van der Waals surface area contributed by atoms with Gasteiger partial charge in [-0.05, 0) is 32.4 Å². The predicted octanol–water partition coefficient (Wildman–Crippen LogP) is 2.90. The van der Waals surface area contributed by atoms with Crippen molar-refractivity contribution in [3.8, 4) is 0 Å². The fourth-order valence-corrected chi connectivity index (χ4v) is 2.72. The van der Waals surface area contributed by atoms with Crippen molar-refractivity contribution in [1.82, 2.24) is 15.5 Å². The molecule has 3 amide bonds. The Balaban J connectivity index is 2.02. The second-order valence-corrected chi connectivity index (χ2v) is 7.18. The molecule has 1 aromatic rings. The highest BCUT2D eigenvalue weighted by molar-refractivity contribution is 5.81. The maximum absolute atomic E-state index is 13.1. The Morgan fingerprint density at radius 3 is 2.48 bits per heavy atom. The first-order chi connectivity index (χ1) is 11.5. The largest absolute Gasteiger partial charge is 0.416 e. The van der Waals surface area contributed by atoms with Crippen molar-refractivity contribution in [1.29, 1.82) is 0 Å². The van der Waals surface area contributed by atoms with Gasteiger partial charge in [-0.1, -0.05) is 18.2 Å². The minimum atomic E-state index is -4.47. The molecule has 25 heavy (non-hydrogen) atoms. The molecule has 1 saturated heterocycles. The lowest BCUT2D eigenvalue weighted by Gasteiger charge is -2.23. The van der Waals surface area contributed by atoms with E-state index in [-0.39, 0.29) is 31.0 Å². The number of hydrogen-bond acceptors (Lipinski definition) is 2. The highest BCUT2D eigenvalue weighted by Crippen LogP contribution is 2.32. The summed E-state index contributed by atoms with van der Waals surface area (Å²) in [6.45, 7) is 5.53. The topological polar surface area (TPSA) is 61.4 Å². The second kappa shape index (κ2) is 6.93. The number of urea groups is 1. The summed E-state index contributed by atoms with van der Waals surface area (Å²) in [5.74, 6) is -0.280. The SMILES string of the molecule is CC(C)(C)NC(=O)N[C@H]1CC(=O)N(Cc2ccccc2C(F)(F)F)C1. The number of rotatable bonds is 3. The Morgan fingerprint density at radius 2 is 1.88 bits per heavy atom. The van der Waals surface area contributed by atoms with Crippen molar-refractivity contribution in [2.24, 2.45) is 0 Å². The van der Waals surface area contributed by atoms with Crippen LogP contribution in [0.4, 0.5) is 18.0 Å². The van der Waals surface area contributed by atoms with E-state index in [2.05, 4.69) is 10.6 Å². The molecule has 138 valence electrons. The maximum Gasteiger partial charge on any atom is 0.416 e. The van der Waals surface area contributed by atoms with Crippen LogP contribution in [0.15, 0.2) is 24.3 Å². The number of halogens is 3. The lowest BCUT2D eigenvalue weighted by Crippen LogP contribution is -2.50. The smallest absolute Gasteiger partial charge is 0.336 e. The monoisotopic (exact) mass is 357 g/mol. The van der Waals surface area contributed by atoms with Gasteiger partial charge in [-0.2, -0.15) is 13.2 Å². The normalized spacial score (nSPS) is 18.4. The summed E-state index contributed by atoms with van der Waals surface area (Å²) < 4.78 is 39.2. The fourth-order valence-electron chi connectivity index (χ4n) is 2.72. The van der Waals surface area contributed by atoms with E-state index in [9.17, 15) is 22.8 Å². The number of carbonyl (C=O) groups is 2. The van der Waals surface area contributed by atoms with Crippen molar-refractivity contribution in [3.05, 3.63) is 35.4 Å². The van der Waals surface area contributed by atoms with E-state index in [0.717, 1.165) is 6.07 Å². The van der Waals surface area contributed by atoms with Gasteiger partial charge in [0.15, 0.2) is 0 Å². The molecule has 1 atom stereocenters. The Morgan fingerprint density at radius 1 is 1.24 bits per heavy atom. The Kier molecular flexibility index (Phi) is 5.29. The summed E-state index contributed by atoms with van der Waals surface area (Å²) in [7, 11) is 0. The van der Waals surface area contributed by atoms with E-state index >= 15 is 0 Å². The Labute approximate surface area is 144 Å². The molecular weight excluding hydrogens is 335 g/mol. The molecular formula is C17H22F3N3O2. The molecule has 1 aliphatic rings. The number of alkyl halides is 3. The zero-order valence-electron chi connectivity index (χ0n) is 14.4. The summed E-state index contributed by atoms with van der Waals surface area (Å²) in [5, 5.41) is 5.42. The number of hydrogen-bond donors (Lipinski definition) is 2. The number of carbonyl (C=O) groups excluding carboxylic acids is 2. The summed E-state index contributed by atoms with van der Waals surface area (Å²) in [5.41, 5.74) is -1.12. The molecule has 0 unspecified atom stereocenters. The number of benzene rings is 1. The molecule has 2 rings (SSSR count). The molecule has 0 aromatic heterocycles. The third-order valence-corrected chi connectivity index (χ3v) is 3.72. The van der Waals surface area contributed by atoms with Gasteiger partial charge in [0.25, 0.3) is 0 Å². The van der Waals surface area contributed by atoms with Gasteiger partial charge in [-0.3, -0.25) is 4.79 Å². The third-order valence-electron chi connectivity index (χ3n) is 3.72. The first-order valence-electron chi connectivity index (χ1n) is 7.97. The Bertz CT molecular complexity index is 653. The van der Waals surface area contributed by atoms with Crippen molar-refractivity contribution in [2.75, 3.05) is 6.54 Å². The molecule has 0 radical (unpaired) electrons. The average molecular weight is 357 g/mol. The average Bonchev–Trinajstić information content (AvgIpc) is 2.75. The van der Waals surface area contributed by atoms with Crippen LogP contribution in [0.25, 0.3) is 0 Å². The van der Waals surface area contributed by atoms with Gasteiger partial charge in [-0.25, -0.2) is 4.79 Å². The minimum Gasteiger partial charge on any atom is -0.336 e. The fraction of sp³-hybridized carbons (Fsp3) is 0.529. The number of nitrogens with zero attached hydrogens (tertiary/aromatic N) is 1. The lowest BCUT2D eigenvalue weighted by molar-refractivity contribution is -0.139. The number of amides is 3. The standard InChI is InChI=1S/C17H22F3N3O2/c1-16(2,3)22-15(25)21-12-8-14(24)23(10-12)9-11-6-4-5-7-13(11)17(18,19)20/h4-7,12H,8-10H2,1-3H3,(H2,21,22,25)/t12-/m0/s1. The molecule has 0 aliphatic carbocycles. The van der Waals surface area contributed by atoms with Crippen LogP contribution in [0.2, 0.25) is 0 Å². The summed E-state index contributed by atoms with van der Waals surface area (Å²) in [6.07, 6.45) is -4.39. The lowest BCUT2D eigenvalue weighted by atomic mass is 10.1. The maximum atomic E-state index is 13.1. The quantitative estimate of drug-likeness (QED) is 0.874. The van der Waals surface area contributed by atoms with E-state index in [1.807, 2.05) is 20.8 Å². The van der Waals surface area contributed by atoms with E-state index in [4.69, 9.17) is 0 Å². The van der Waals surface area contributed by atoms with Crippen molar-refractivity contribution in [2.45, 2.75) is 51.5 Å². The van der Waals surface area contributed by atoms with E-state index < -0.39 is 29.4 Å². The zero-order valence-corrected chi connectivity index (χ0v) is 14.4. The van der Waals surface area contributed by atoms with Gasteiger partial charge < -0.3 is 15.5 Å². The van der Waals surface area contributed by atoms with E-state index in [1.54, 1.807) is 0 Å². The first kappa shape index (κ1) is 19.1. The van der Waals surface area contributed by atoms with Crippen LogP contribution < -0.4 is 10.6 Å². The molecule has 8 heteroatoms. The molecule has 5 nitrogen and oxygen atoms in total. The third kappa shape index (κ3) is 5.37. The van der Waals surface area contributed by atoms with E-state index in [1.165, 1.54) is 23.1 Å². The van der Waals surface area contributed by atoms with Crippen molar-refractivity contribution >= 4 is 11.9 Å². The van der Waals surface area contributed by atoms with Crippen LogP contribution >= 0.6 is 0 Å². The zero-order chi connectivity index (χ0) is 18.8. The molecule has 0 saturated carbocycles. The first-order valence-corrected chi connectivity index (χ1v) is 7.97. The van der Waals surface area contributed by atoms with Crippen LogP contribution in [0.3, 0.4) is 0 Å². The van der Waals surface area contributed by atoms with Crippen LogP contribution in [0, 0.1) is 0 Å². The summed E-state index contributed by atoms with van der Waals surface area (Å²) in [4.78, 5) is 25.3. The van der Waals surface area contributed by atoms with Crippen LogP contribution in [-0.2, 0) is 17.5 Å². The highest BCUT2D eigenvalue weighted by Gasteiger charge is 2.36. The number of likely N-dealkylation sites (tertiary alicyclic amines) is 1. The van der Waals surface area contributed by atoms with Gasteiger partial charge in [0.05, 0.1) is 11.6 Å². The number of nitrogens with one attached hydrogen (secondary N) is 2. The minimum absolute atomic E-state index is 0.0446. The van der Waals surface area contributed by atoms with Crippen molar-refractivity contribution < 1.29 is 22.8 Å². The van der Waals surface area contributed by atoms with Gasteiger partial charge in [0.1, 0.15) is 0 Å². The summed E-state index contributed by atoms with van der Waals surface area (Å²) >= 11 is 0. The van der Waals surface area contributed by atoms with Gasteiger partial charge in [0.2, 0.25) is 5.91 Å². The van der Waals surface area contributed by atoms with Gasteiger partial charge in [-0.15, -0.1) is 0 Å². The molecule has 1 aromatic carbocycles. The predicted molar refractivity (Wildman–Crippen MR) is 86.7 cm³/mol. The summed E-state index contributed by atoms with van der Waals surface area (Å²) in [6, 6.07) is 4.37. The highest BCUT2D eigenvalue weighted by atomic mass is 19.4. The molecule has 1 heterocycles. The molecule has 2 N–H and O–H groups in total. The van der Waals surface area contributed by atoms with Gasteiger partial charge in [0, 0.05) is 25.0 Å².